The van der Waals surface area contributed by atoms with Crippen molar-refractivity contribution in [1.29, 1.82) is 0 Å². The highest BCUT2D eigenvalue weighted by Crippen LogP contribution is 2.24. The van der Waals surface area contributed by atoms with E-state index in [-0.39, 0.29) is 11.7 Å². The number of hydrogen-bond donors (Lipinski definition) is 1. The van der Waals surface area contributed by atoms with E-state index in [0.29, 0.717) is 22.2 Å². The number of fused-ring (bicyclic) bond motifs is 2. The Bertz CT molecular complexity index is 1420. The molecule has 8 heteroatoms. The van der Waals surface area contributed by atoms with Crippen LogP contribution in [0.15, 0.2) is 89.0 Å². The summed E-state index contributed by atoms with van der Waals surface area (Å²) in [5.41, 5.74) is 1.95. The zero-order valence-corrected chi connectivity index (χ0v) is 19.1. The molecule has 3 aromatic carbocycles. The minimum Gasteiger partial charge on any atom is -0.497 e. The lowest BCUT2D eigenvalue weighted by atomic mass is 10.1. The average molecular weight is 473 g/mol. The molecule has 0 aromatic heterocycles. The summed E-state index contributed by atoms with van der Waals surface area (Å²) in [5.74, 6) is 0.566. The zero-order chi connectivity index (χ0) is 23.5. The maximum atomic E-state index is 14.0. The first-order valence-corrected chi connectivity index (χ1v) is 11.7. The number of hydrogen-bond acceptors (Lipinski definition) is 6. The third kappa shape index (κ3) is 4.45. The van der Waals surface area contributed by atoms with E-state index in [9.17, 15) is 9.18 Å². The van der Waals surface area contributed by atoms with Gasteiger partial charge in [-0.2, -0.15) is 0 Å². The lowest BCUT2D eigenvalue weighted by Crippen LogP contribution is -2.52. The molecule has 2 heterocycles. The topological polar surface area (TPSA) is 66.3 Å². The van der Waals surface area contributed by atoms with E-state index in [1.165, 1.54) is 17.8 Å². The highest BCUT2D eigenvalue weighted by molar-refractivity contribution is 8.13. The molecular weight excluding hydrogens is 451 g/mol. The van der Waals surface area contributed by atoms with Crippen molar-refractivity contribution in [3.05, 3.63) is 106 Å². The highest BCUT2D eigenvalue weighted by atomic mass is 32.2. The fourth-order valence-electron chi connectivity index (χ4n) is 3.72. The number of hydrazone groups is 1. The molecule has 3 aromatic rings. The zero-order valence-electron chi connectivity index (χ0n) is 18.3. The van der Waals surface area contributed by atoms with Crippen LogP contribution in [-0.2, 0) is 10.5 Å². The number of thioether (sulfide) groups is 1. The molecule has 0 spiro atoms. The van der Waals surface area contributed by atoms with Gasteiger partial charge in [0.25, 0.3) is 5.91 Å². The predicted molar refractivity (Wildman–Crippen MR) is 132 cm³/mol. The highest BCUT2D eigenvalue weighted by Gasteiger charge is 2.32. The standard InChI is InChI=1S/C26H21FN4O2S/c1-33-19-13-10-17(11-14-19)12-15-23-28-22-9-5-3-7-20(22)24-25(32)29-26(30-31(23)24)34-16-18-6-2-4-8-21(18)27/h2-15,23H,16H2,1H3,(H,29,30,32)/b15-12+. The molecule has 1 atom stereocenters. The second kappa shape index (κ2) is 9.52. The van der Waals surface area contributed by atoms with Gasteiger partial charge in [-0.3, -0.25) is 15.1 Å². The molecule has 1 N–H and O–H groups in total. The molecule has 0 saturated heterocycles. The molecule has 2 aliphatic heterocycles. The van der Waals surface area contributed by atoms with E-state index in [1.807, 2.05) is 60.7 Å². The maximum Gasteiger partial charge on any atom is 0.276 e. The van der Waals surface area contributed by atoms with Crippen LogP contribution in [-0.4, -0.2) is 29.4 Å². The van der Waals surface area contributed by atoms with Gasteiger partial charge >= 0.3 is 0 Å². The van der Waals surface area contributed by atoms with E-state index in [0.717, 1.165) is 21.9 Å². The second-order valence-corrected chi connectivity index (χ2v) is 8.59. The largest absolute Gasteiger partial charge is 0.497 e. The van der Waals surface area contributed by atoms with Gasteiger partial charge < -0.3 is 4.74 Å². The van der Waals surface area contributed by atoms with Crippen LogP contribution in [0.25, 0.3) is 11.8 Å². The summed E-state index contributed by atoms with van der Waals surface area (Å²) in [7, 11) is 1.63. The maximum absolute atomic E-state index is 14.0. The number of ether oxygens (including phenoxy) is 1. The molecule has 2 aliphatic rings. The fourth-order valence-corrected chi connectivity index (χ4v) is 4.55. The second-order valence-electron chi connectivity index (χ2n) is 7.62. The normalized spacial score (nSPS) is 16.9. The Morgan fingerprint density at radius 3 is 2.65 bits per heavy atom. The van der Waals surface area contributed by atoms with E-state index in [4.69, 9.17) is 9.73 Å². The molecule has 0 saturated carbocycles. The van der Waals surface area contributed by atoms with E-state index < -0.39 is 6.17 Å². The first-order valence-electron chi connectivity index (χ1n) is 10.7. The molecule has 0 bridgehead atoms. The lowest BCUT2D eigenvalue weighted by Gasteiger charge is -2.32. The smallest absolute Gasteiger partial charge is 0.276 e. The lowest BCUT2D eigenvalue weighted by molar-refractivity contribution is -0.116. The summed E-state index contributed by atoms with van der Waals surface area (Å²) >= 11 is 1.27. The first kappa shape index (κ1) is 21.9. The number of rotatable bonds is 5. The van der Waals surface area contributed by atoms with E-state index in [2.05, 4.69) is 10.4 Å². The number of nitrogens with zero attached hydrogens (tertiary/aromatic N) is 3. The number of para-hydroxylation sites is 1. The number of halogens is 1. The van der Waals surface area contributed by atoms with Crippen molar-refractivity contribution in [1.82, 2.24) is 10.3 Å². The monoisotopic (exact) mass is 472 g/mol. The van der Waals surface area contributed by atoms with Gasteiger partial charge in [0.2, 0.25) is 0 Å². The van der Waals surface area contributed by atoms with Crippen LogP contribution in [0.5, 0.6) is 5.75 Å². The Kier molecular flexibility index (Phi) is 6.14. The molecular formula is C26H21FN4O2S. The molecule has 1 unspecified atom stereocenters. The van der Waals surface area contributed by atoms with Crippen LogP contribution in [0, 0.1) is 5.82 Å². The van der Waals surface area contributed by atoms with Gasteiger partial charge in [0, 0.05) is 11.0 Å². The number of benzene rings is 3. The Morgan fingerprint density at radius 2 is 1.85 bits per heavy atom. The summed E-state index contributed by atoms with van der Waals surface area (Å²) in [5, 5.41) is 11.0. The van der Waals surface area contributed by atoms with E-state index >= 15 is 0 Å². The van der Waals surface area contributed by atoms with Crippen molar-refractivity contribution in [3.63, 3.8) is 0 Å². The van der Waals surface area contributed by atoms with Crippen molar-refractivity contribution >= 4 is 34.6 Å². The van der Waals surface area contributed by atoms with Crippen molar-refractivity contribution in [2.45, 2.75) is 11.9 Å². The summed E-state index contributed by atoms with van der Waals surface area (Å²) in [4.78, 5) is 17.9. The van der Waals surface area contributed by atoms with Gasteiger partial charge in [-0.1, -0.05) is 66.4 Å². The molecule has 170 valence electrons. The molecule has 0 fully saturated rings. The van der Waals surface area contributed by atoms with Crippen LogP contribution >= 0.6 is 11.8 Å². The summed E-state index contributed by atoms with van der Waals surface area (Å²) in [6.07, 6.45) is 3.33. The van der Waals surface area contributed by atoms with Gasteiger partial charge in [-0.25, -0.2) is 9.40 Å². The van der Waals surface area contributed by atoms with Gasteiger partial charge in [0.15, 0.2) is 11.3 Å². The third-order valence-corrected chi connectivity index (χ3v) is 6.36. The third-order valence-electron chi connectivity index (χ3n) is 5.44. The Hall–Kier alpha value is -3.91. The van der Waals surface area contributed by atoms with Crippen LogP contribution in [0.2, 0.25) is 0 Å². The quantitative estimate of drug-likeness (QED) is 0.619. The molecule has 0 radical (unpaired) electrons. The van der Waals surface area contributed by atoms with Crippen LogP contribution in [0.1, 0.15) is 11.1 Å². The number of methoxy groups -OCH3 is 1. The van der Waals surface area contributed by atoms with Crippen LogP contribution < -0.4 is 20.6 Å². The Balaban J connectivity index is 1.48. The first-order chi connectivity index (χ1) is 16.6. The summed E-state index contributed by atoms with van der Waals surface area (Å²) in [6, 6.07) is 21.7. The van der Waals surface area contributed by atoms with Crippen molar-refractivity contribution < 1.29 is 13.9 Å². The molecule has 34 heavy (non-hydrogen) atoms. The number of amidine groups is 1. The van der Waals surface area contributed by atoms with Gasteiger partial charge in [-0.05, 0) is 41.5 Å². The minimum atomic E-state index is -0.512. The predicted octanol–water partition coefficient (Wildman–Crippen LogP) is 3.25. The summed E-state index contributed by atoms with van der Waals surface area (Å²) < 4.78 is 19.3. The molecule has 6 nitrogen and oxygen atoms in total. The summed E-state index contributed by atoms with van der Waals surface area (Å²) in [6.45, 7) is 0. The van der Waals surface area contributed by atoms with Crippen molar-refractivity contribution in [2.24, 2.45) is 10.1 Å². The average Bonchev–Trinajstić information content (AvgIpc) is 2.87. The van der Waals surface area contributed by atoms with E-state index in [1.54, 1.807) is 30.3 Å². The SMILES string of the molecule is COc1ccc(/C=C/C2N=c3ccccc3=C3C(=O)NC(SCc4ccccc4F)=NN32)cc1. The number of nitrogens with one attached hydrogen (secondary N) is 1. The van der Waals surface area contributed by atoms with Crippen LogP contribution in [0.3, 0.4) is 0 Å². The van der Waals surface area contributed by atoms with Gasteiger partial charge in [0.1, 0.15) is 17.3 Å². The van der Waals surface area contributed by atoms with Gasteiger partial charge in [0.05, 0.1) is 12.5 Å². The van der Waals surface area contributed by atoms with Crippen molar-refractivity contribution in [3.8, 4) is 5.75 Å². The minimum absolute atomic E-state index is 0.267. The Labute approximate surface area is 200 Å². The number of carbonyl (C=O) groups excluding carboxylic acids is 1. The number of carbonyl (C=O) groups is 1. The molecule has 1 amide bonds. The Morgan fingerprint density at radius 1 is 1.09 bits per heavy atom. The molecule has 0 aliphatic carbocycles. The number of amides is 1. The molecule has 5 rings (SSSR count). The fraction of sp³-hybridized carbons (Fsp3) is 0.115. The van der Waals surface area contributed by atoms with Gasteiger partial charge in [-0.15, -0.1) is 5.10 Å². The van der Waals surface area contributed by atoms with Crippen LogP contribution in [0.4, 0.5) is 4.39 Å². The van der Waals surface area contributed by atoms with Crippen molar-refractivity contribution in [2.75, 3.05) is 7.11 Å².